The van der Waals surface area contributed by atoms with Gasteiger partial charge in [-0.2, -0.15) is 0 Å². The van der Waals surface area contributed by atoms with Gasteiger partial charge in [0, 0.05) is 31.0 Å². The lowest BCUT2D eigenvalue weighted by atomic mass is 9.80. The summed E-state index contributed by atoms with van der Waals surface area (Å²) in [6, 6.07) is 73.8. The molecule has 0 amide bonds. The largest absolute Gasteiger partial charge is 0.135 e. The van der Waals surface area contributed by atoms with Crippen LogP contribution in [0.3, 0.4) is 0 Å². The molecule has 0 saturated carbocycles. The molecule has 0 aliphatic heterocycles. The fourth-order valence-electron chi connectivity index (χ4n) is 12.1. The quantitative estimate of drug-likeness (QED) is 0.155. The predicted molar refractivity (Wildman–Crippen MR) is 281 cm³/mol. The van der Waals surface area contributed by atoms with Crippen molar-refractivity contribution in [3.63, 3.8) is 0 Å². The summed E-state index contributed by atoms with van der Waals surface area (Å²) in [6.45, 7) is 9.60. The van der Waals surface area contributed by atoms with Crippen molar-refractivity contribution >= 4 is 74.6 Å². The summed E-state index contributed by atoms with van der Waals surface area (Å²) in [6.07, 6.45) is 0. The van der Waals surface area contributed by atoms with Gasteiger partial charge in [-0.15, -0.1) is 11.3 Å². The summed E-state index contributed by atoms with van der Waals surface area (Å²) in [5.74, 6) is 0. The summed E-state index contributed by atoms with van der Waals surface area (Å²) in [5, 5.41) is 13.0. The Bertz CT molecular complexity index is 4000. The molecule has 0 spiro atoms. The van der Waals surface area contributed by atoms with Gasteiger partial charge in [0.2, 0.25) is 0 Å². The van der Waals surface area contributed by atoms with E-state index in [1.54, 1.807) is 0 Å². The molecule has 1 heteroatoms. The Balaban J connectivity index is 0.878. The van der Waals surface area contributed by atoms with E-state index in [1.807, 2.05) is 11.3 Å². The highest BCUT2D eigenvalue weighted by Crippen LogP contribution is 2.55. The number of benzene rings is 11. The van der Waals surface area contributed by atoms with Crippen LogP contribution in [0.1, 0.15) is 49.9 Å². The molecule has 0 saturated heterocycles. The molecule has 0 atom stereocenters. The van der Waals surface area contributed by atoms with Crippen LogP contribution in [0.4, 0.5) is 0 Å². The molecule has 0 unspecified atom stereocenters. The minimum atomic E-state index is -0.151. The molecule has 306 valence electrons. The molecule has 65 heavy (non-hydrogen) atoms. The Hall–Kier alpha value is -7.32. The van der Waals surface area contributed by atoms with E-state index in [9.17, 15) is 0 Å². The first-order valence-electron chi connectivity index (χ1n) is 23.0. The van der Waals surface area contributed by atoms with E-state index in [2.05, 4.69) is 222 Å². The third-order valence-electron chi connectivity index (χ3n) is 15.4. The second-order valence-electron chi connectivity index (χ2n) is 19.6. The van der Waals surface area contributed by atoms with Crippen LogP contribution < -0.4 is 0 Å². The van der Waals surface area contributed by atoms with Crippen LogP contribution in [0.25, 0.3) is 119 Å². The average molecular weight is 845 g/mol. The molecule has 0 nitrogen and oxygen atoms in total. The third kappa shape index (κ3) is 5.13. The van der Waals surface area contributed by atoms with E-state index in [0.717, 1.165) is 0 Å². The maximum atomic E-state index is 2.50. The number of fused-ring (bicyclic) bond motifs is 13. The Morgan fingerprint density at radius 1 is 0.277 bits per heavy atom. The van der Waals surface area contributed by atoms with Gasteiger partial charge in [0.25, 0.3) is 0 Å². The molecule has 11 aromatic carbocycles. The molecule has 12 aromatic rings. The molecule has 2 aliphatic carbocycles. The van der Waals surface area contributed by atoms with Crippen LogP contribution >= 0.6 is 11.3 Å². The lowest BCUT2D eigenvalue weighted by molar-refractivity contribution is 0.660. The van der Waals surface area contributed by atoms with E-state index in [4.69, 9.17) is 0 Å². The zero-order valence-corrected chi connectivity index (χ0v) is 37.7. The Kier molecular flexibility index (Phi) is 7.49. The summed E-state index contributed by atoms with van der Waals surface area (Å²) >= 11 is 1.93. The summed E-state index contributed by atoms with van der Waals surface area (Å²) < 4.78 is 2.71. The first-order valence-corrected chi connectivity index (χ1v) is 23.8. The fourth-order valence-corrected chi connectivity index (χ4v) is 13.3. The van der Waals surface area contributed by atoms with Crippen molar-refractivity contribution < 1.29 is 0 Å². The number of thiophene rings is 1. The third-order valence-corrected chi connectivity index (χ3v) is 16.5. The Morgan fingerprint density at radius 3 is 1.55 bits per heavy atom. The monoisotopic (exact) mass is 844 g/mol. The highest BCUT2D eigenvalue weighted by atomic mass is 32.1. The molecule has 1 heterocycles. The molecule has 2 aliphatic rings. The highest BCUT2D eigenvalue weighted by Gasteiger charge is 2.38. The number of rotatable bonds is 3. The van der Waals surface area contributed by atoms with Crippen LogP contribution in [0.2, 0.25) is 0 Å². The number of hydrogen-bond donors (Lipinski definition) is 0. The van der Waals surface area contributed by atoms with Gasteiger partial charge in [0.1, 0.15) is 0 Å². The summed E-state index contributed by atoms with van der Waals surface area (Å²) in [4.78, 5) is 0. The summed E-state index contributed by atoms with van der Waals surface area (Å²) in [5.41, 5.74) is 18.6. The van der Waals surface area contributed by atoms with E-state index in [0.29, 0.717) is 0 Å². The zero-order valence-electron chi connectivity index (χ0n) is 36.9. The van der Waals surface area contributed by atoms with Crippen molar-refractivity contribution in [2.45, 2.75) is 38.5 Å². The van der Waals surface area contributed by atoms with Crippen molar-refractivity contribution in [3.8, 4) is 55.6 Å². The normalized spacial score (nSPS) is 14.4. The molecular weight excluding hydrogens is 801 g/mol. The summed E-state index contributed by atoms with van der Waals surface area (Å²) in [7, 11) is 0. The van der Waals surface area contributed by atoms with Gasteiger partial charge in [0.05, 0.1) is 0 Å². The van der Waals surface area contributed by atoms with Crippen molar-refractivity contribution in [1.29, 1.82) is 0 Å². The van der Waals surface area contributed by atoms with Crippen LogP contribution in [-0.4, -0.2) is 0 Å². The van der Waals surface area contributed by atoms with Crippen molar-refractivity contribution in [1.82, 2.24) is 0 Å². The second-order valence-corrected chi connectivity index (χ2v) is 20.7. The number of hydrogen-bond acceptors (Lipinski definition) is 1. The lowest BCUT2D eigenvalue weighted by Crippen LogP contribution is -2.15. The molecule has 0 bridgehead atoms. The smallest absolute Gasteiger partial charge is 0.0361 e. The minimum absolute atomic E-state index is 0.0518. The van der Waals surface area contributed by atoms with Crippen molar-refractivity contribution in [2.75, 3.05) is 0 Å². The Labute approximate surface area is 383 Å². The minimum Gasteiger partial charge on any atom is -0.135 e. The fraction of sp³-hybridized carbons (Fsp3) is 0.0938. The lowest BCUT2D eigenvalue weighted by Gasteiger charge is -2.23. The van der Waals surface area contributed by atoms with Gasteiger partial charge < -0.3 is 0 Å². The SMILES string of the molecule is CC1(C)c2ccc(-c3ccc4c(c3)sc3cc5c(cc34)-c3cc4ccccc4cc3C5(C)C)cc2-c2ccc(-c3c4ccccc4c(-c4cccc5ccccc45)c4ccccc34)cc21. The Morgan fingerprint density at radius 2 is 0.800 bits per heavy atom. The first-order chi connectivity index (χ1) is 31.7. The molecule has 0 N–H and O–H groups in total. The van der Waals surface area contributed by atoms with E-state index < -0.39 is 0 Å². The second kappa shape index (κ2) is 13.1. The highest BCUT2D eigenvalue weighted by molar-refractivity contribution is 7.25. The van der Waals surface area contributed by atoms with Crippen LogP contribution in [0, 0.1) is 0 Å². The molecule has 0 radical (unpaired) electrons. The van der Waals surface area contributed by atoms with E-state index in [-0.39, 0.29) is 10.8 Å². The van der Waals surface area contributed by atoms with Gasteiger partial charge in [-0.25, -0.2) is 0 Å². The van der Waals surface area contributed by atoms with Gasteiger partial charge in [-0.3, -0.25) is 0 Å². The standard InChI is InChI=1S/C64H44S/c1-63(2)55-29-26-40(41-24-28-45-54-35-53-52-30-38-15-5-6-16-39(38)32-57(52)64(3,4)58(53)36-60(54)65-59(45)34-41)31-51(55)44-27-25-42(33-56(44)63)61-47-19-9-11-21-49(47)62(50-22-12-10-20-48(50)61)46-23-13-17-37-14-7-8-18-43(37)46/h5-36H,1-4H3. The predicted octanol–water partition coefficient (Wildman–Crippen LogP) is 18.3. The van der Waals surface area contributed by atoms with Gasteiger partial charge in [0.15, 0.2) is 0 Å². The van der Waals surface area contributed by atoms with Gasteiger partial charge >= 0.3 is 0 Å². The van der Waals surface area contributed by atoms with E-state index in [1.165, 1.54) is 141 Å². The topological polar surface area (TPSA) is 0 Å². The van der Waals surface area contributed by atoms with Gasteiger partial charge in [-0.05, 0) is 163 Å². The van der Waals surface area contributed by atoms with Crippen molar-refractivity contribution in [2.24, 2.45) is 0 Å². The molecule has 14 rings (SSSR count). The van der Waals surface area contributed by atoms with Crippen LogP contribution in [-0.2, 0) is 10.8 Å². The molecule has 1 aromatic heterocycles. The zero-order chi connectivity index (χ0) is 43.3. The maximum absolute atomic E-state index is 2.50. The first kappa shape index (κ1) is 37.1. The van der Waals surface area contributed by atoms with Gasteiger partial charge in [-0.1, -0.05) is 179 Å². The molecule has 0 fully saturated rings. The van der Waals surface area contributed by atoms with E-state index >= 15 is 0 Å². The van der Waals surface area contributed by atoms with Crippen molar-refractivity contribution in [3.05, 3.63) is 216 Å². The molecular formula is C64H44S. The average Bonchev–Trinajstić information content (AvgIpc) is 3.89. The maximum Gasteiger partial charge on any atom is 0.0361 e. The van der Waals surface area contributed by atoms with Crippen LogP contribution in [0.15, 0.2) is 194 Å². The van der Waals surface area contributed by atoms with Crippen LogP contribution in [0.5, 0.6) is 0 Å².